The van der Waals surface area contributed by atoms with Crippen LogP contribution in [-0.4, -0.2) is 17.8 Å². The molecular weight excluding hydrogens is 110 g/mol. The van der Waals surface area contributed by atoms with E-state index in [2.05, 4.69) is 10.1 Å². The van der Waals surface area contributed by atoms with E-state index in [1.807, 2.05) is 0 Å². The number of hydrogen-bond donors (Lipinski definition) is 2. The van der Waals surface area contributed by atoms with E-state index in [-0.39, 0.29) is 6.61 Å². The predicted octanol–water partition coefficient (Wildman–Crippen LogP) is 0.126. The summed E-state index contributed by atoms with van der Waals surface area (Å²) in [4.78, 5) is 10.1. The van der Waals surface area contributed by atoms with Crippen molar-refractivity contribution in [2.24, 2.45) is 0 Å². The highest BCUT2D eigenvalue weighted by Crippen LogP contribution is 1.98. The van der Waals surface area contributed by atoms with Crippen molar-refractivity contribution in [1.29, 1.82) is 0 Å². The number of aliphatic hydroxyl groups excluding tert-OH is 1. The van der Waals surface area contributed by atoms with Crippen molar-refractivity contribution >= 4 is 6.09 Å². The number of hydrogen-bond acceptors (Lipinski definition) is 3. The minimum absolute atomic E-state index is 0.148. The quantitative estimate of drug-likeness (QED) is 0.441. The summed E-state index contributed by atoms with van der Waals surface area (Å²) in [6, 6.07) is 0. The Kier molecular flexibility index (Phi) is 1.07. The number of amides is 1. The molecule has 1 aliphatic rings. The summed E-state index contributed by atoms with van der Waals surface area (Å²) in [6.45, 7) is 0.148. The van der Waals surface area contributed by atoms with Gasteiger partial charge in [0.05, 0.1) is 5.70 Å². The zero-order chi connectivity index (χ0) is 5.98. The maximum Gasteiger partial charge on any atom is 0.411 e. The molecule has 0 saturated carbocycles. The van der Waals surface area contributed by atoms with E-state index < -0.39 is 6.09 Å². The van der Waals surface area contributed by atoms with E-state index in [0.29, 0.717) is 5.70 Å². The molecule has 0 unspecified atom stereocenters. The van der Waals surface area contributed by atoms with Gasteiger partial charge in [0.1, 0.15) is 12.9 Å². The average molecular weight is 115 g/mol. The molecule has 44 valence electrons. The zero-order valence-electron chi connectivity index (χ0n) is 4.05. The number of cyclic esters (lactones) is 1. The summed E-state index contributed by atoms with van der Waals surface area (Å²) in [7, 11) is 0. The van der Waals surface area contributed by atoms with Crippen molar-refractivity contribution in [2.75, 3.05) is 6.61 Å². The maximum atomic E-state index is 10.1. The van der Waals surface area contributed by atoms with E-state index in [1.165, 1.54) is 0 Å². The lowest BCUT2D eigenvalue weighted by atomic mass is 10.5. The molecule has 0 atom stereocenters. The fourth-order valence-electron chi connectivity index (χ4n) is 0.416. The molecule has 0 radical (unpaired) electrons. The van der Waals surface area contributed by atoms with Crippen molar-refractivity contribution in [2.45, 2.75) is 0 Å². The average Bonchev–Trinajstić information content (AvgIpc) is 2.14. The molecular formula is C4H5NO3. The Hall–Kier alpha value is -1.19. The zero-order valence-corrected chi connectivity index (χ0v) is 4.05. The Bertz CT molecular complexity index is 140. The van der Waals surface area contributed by atoms with E-state index in [4.69, 9.17) is 5.11 Å². The number of nitrogens with one attached hydrogen (secondary N) is 1. The number of ether oxygens (including phenoxy) is 1. The van der Waals surface area contributed by atoms with Gasteiger partial charge in [0.15, 0.2) is 0 Å². The maximum absolute atomic E-state index is 10.1. The minimum atomic E-state index is -0.509. The Labute approximate surface area is 45.8 Å². The first-order chi connectivity index (χ1) is 3.83. The molecule has 0 aromatic carbocycles. The Morgan fingerprint density at radius 2 is 2.62 bits per heavy atom. The highest BCUT2D eigenvalue weighted by Gasteiger charge is 2.14. The second-order valence-electron chi connectivity index (χ2n) is 1.36. The summed E-state index contributed by atoms with van der Waals surface area (Å²) < 4.78 is 4.38. The molecule has 0 aromatic rings. The monoisotopic (exact) mass is 115 g/mol. The van der Waals surface area contributed by atoms with Gasteiger partial charge in [0, 0.05) is 0 Å². The fraction of sp³-hybridized carbons (Fsp3) is 0.250. The Balaban J connectivity index is 2.56. The van der Waals surface area contributed by atoms with Crippen LogP contribution in [-0.2, 0) is 4.74 Å². The second kappa shape index (κ2) is 1.73. The van der Waals surface area contributed by atoms with Gasteiger partial charge in [-0.25, -0.2) is 4.79 Å². The van der Waals surface area contributed by atoms with Gasteiger partial charge < -0.3 is 9.84 Å². The molecule has 4 heteroatoms. The normalized spacial score (nSPS) is 23.0. The van der Waals surface area contributed by atoms with Crippen LogP contribution in [0.2, 0.25) is 0 Å². The van der Waals surface area contributed by atoms with Gasteiger partial charge in [0.25, 0.3) is 0 Å². The van der Waals surface area contributed by atoms with Gasteiger partial charge in [-0.3, -0.25) is 5.32 Å². The van der Waals surface area contributed by atoms with Crippen molar-refractivity contribution in [3.05, 3.63) is 12.0 Å². The molecule has 0 aromatic heterocycles. The summed E-state index contributed by atoms with van der Waals surface area (Å²) in [5, 5.41) is 10.5. The van der Waals surface area contributed by atoms with Crippen LogP contribution in [0.15, 0.2) is 12.0 Å². The number of alkyl carbamates (subject to hydrolysis) is 1. The van der Waals surface area contributed by atoms with Gasteiger partial charge in [0.2, 0.25) is 0 Å². The molecule has 1 fully saturated rings. The first-order valence-electron chi connectivity index (χ1n) is 2.10. The molecule has 1 aliphatic heterocycles. The Morgan fingerprint density at radius 1 is 1.88 bits per heavy atom. The van der Waals surface area contributed by atoms with Crippen LogP contribution in [0, 0.1) is 0 Å². The topological polar surface area (TPSA) is 58.6 Å². The standard InChI is InChI=1S/C4H5NO3/c6-1-3-2-8-4(7)5-3/h1,6H,2H2,(H,5,7)/b3-1+. The summed E-state index contributed by atoms with van der Waals surface area (Å²) in [6.07, 6.45) is 0.301. The Morgan fingerprint density at radius 3 is 2.88 bits per heavy atom. The van der Waals surface area contributed by atoms with Crippen LogP contribution in [0.5, 0.6) is 0 Å². The van der Waals surface area contributed by atoms with Crippen LogP contribution < -0.4 is 5.32 Å². The first kappa shape index (κ1) is 4.96. The van der Waals surface area contributed by atoms with Crippen LogP contribution in [0.1, 0.15) is 0 Å². The van der Waals surface area contributed by atoms with Crippen molar-refractivity contribution in [3.63, 3.8) is 0 Å². The third-order valence-corrected chi connectivity index (χ3v) is 0.777. The number of rotatable bonds is 0. The first-order valence-corrected chi connectivity index (χ1v) is 2.10. The third-order valence-electron chi connectivity index (χ3n) is 0.777. The smallest absolute Gasteiger partial charge is 0.411 e. The number of carbonyl (C=O) groups is 1. The number of carbonyl (C=O) groups excluding carboxylic acids is 1. The highest BCUT2D eigenvalue weighted by atomic mass is 16.6. The van der Waals surface area contributed by atoms with E-state index in [1.54, 1.807) is 0 Å². The van der Waals surface area contributed by atoms with E-state index >= 15 is 0 Å². The van der Waals surface area contributed by atoms with Gasteiger partial charge in [-0.15, -0.1) is 0 Å². The molecule has 0 spiro atoms. The van der Waals surface area contributed by atoms with Gasteiger partial charge >= 0.3 is 6.09 Å². The molecule has 2 N–H and O–H groups in total. The lowest BCUT2D eigenvalue weighted by Crippen LogP contribution is -2.10. The summed E-state index contributed by atoms with van der Waals surface area (Å²) in [5.74, 6) is 0. The van der Waals surface area contributed by atoms with Gasteiger partial charge in [-0.05, 0) is 0 Å². The van der Waals surface area contributed by atoms with Gasteiger partial charge in [-0.2, -0.15) is 0 Å². The molecule has 0 aliphatic carbocycles. The number of aliphatic hydroxyl groups is 1. The third kappa shape index (κ3) is 0.726. The van der Waals surface area contributed by atoms with Crippen molar-refractivity contribution < 1.29 is 14.6 Å². The van der Waals surface area contributed by atoms with Gasteiger partial charge in [-0.1, -0.05) is 0 Å². The van der Waals surface area contributed by atoms with E-state index in [9.17, 15) is 4.79 Å². The lowest BCUT2D eigenvalue weighted by molar-refractivity contribution is 0.179. The molecule has 1 amide bonds. The summed E-state index contributed by atoms with van der Waals surface area (Å²) in [5.41, 5.74) is 0.398. The van der Waals surface area contributed by atoms with Crippen LogP contribution in [0.25, 0.3) is 0 Å². The molecule has 0 bridgehead atoms. The van der Waals surface area contributed by atoms with Crippen LogP contribution >= 0.6 is 0 Å². The minimum Gasteiger partial charge on any atom is -0.514 e. The molecule has 1 saturated heterocycles. The SMILES string of the molecule is O=C1N/C(=C/O)CO1. The highest BCUT2D eigenvalue weighted by molar-refractivity contribution is 5.72. The van der Waals surface area contributed by atoms with E-state index in [0.717, 1.165) is 6.26 Å². The van der Waals surface area contributed by atoms with Crippen LogP contribution in [0.3, 0.4) is 0 Å². The fourth-order valence-corrected chi connectivity index (χ4v) is 0.416. The van der Waals surface area contributed by atoms with Crippen LogP contribution in [0.4, 0.5) is 4.79 Å². The second-order valence-corrected chi connectivity index (χ2v) is 1.36. The van der Waals surface area contributed by atoms with Crippen molar-refractivity contribution in [3.8, 4) is 0 Å². The largest absolute Gasteiger partial charge is 0.514 e. The molecule has 8 heavy (non-hydrogen) atoms. The lowest BCUT2D eigenvalue weighted by Gasteiger charge is -1.83. The molecule has 4 nitrogen and oxygen atoms in total. The predicted molar refractivity (Wildman–Crippen MR) is 25.2 cm³/mol. The molecule has 1 rings (SSSR count). The summed E-state index contributed by atoms with van der Waals surface area (Å²) >= 11 is 0. The van der Waals surface area contributed by atoms with Crippen molar-refractivity contribution in [1.82, 2.24) is 5.32 Å². The molecule has 1 heterocycles.